The quantitative estimate of drug-likeness (QED) is 0.624. The standard InChI is InChI=1S/C21H21F3O5/c1-13-12-14(5-11-18(13)29-20(2,3)19(26)27)4-10-17(25)15-6-8-16(9-7-15)28-21(22,23)24/h5-9,11-12H,4,10H2,1-3H3,(H,26,27). The molecular formula is C21H21F3O5. The molecule has 0 spiro atoms. The number of ketones is 1. The third-order valence-corrected chi connectivity index (χ3v) is 4.17. The first-order valence-electron chi connectivity index (χ1n) is 8.78. The Kier molecular flexibility index (Phi) is 6.56. The molecule has 0 atom stereocenters. The molecule has 0 saturated heterocycles. The van der Waals surface area contributed by atoms with E-state index in [2.05, 4.69) is 4.74 Å². The molecule has 0 unspecified atom stereocenters. The van der Waals surface area contributed by atoms with Gasteiger partial charge in [0.15, 0.2) is 11.4 Å². The Morgan fingerprint density at radius 3 is 2.14 bits per heavy atom. The van der Waals surface area contributed by atoms with Crippen LogP contribution >= 0.6 is 0 Å². The van der Waals surface area contributed by atoms with Crippen LogP contribution in [0.25, 0.3) is 0 Å². The first kappa shape index (κ1) is 22.3. The van der Waals surface area contributed by atoms with Crippen molar-refractivity contribution in [2.24, 2.45) is 0 Å². The van der Waals surface area contributed by atoms with Gasteiger partial charge in [-0.05, 0) is 68.7 Å². The summed E-state index contributed by atoms with van der Waals surface area (Å²) >= 11 is 0. The van der Waals surface area contributed by atoms with E-state index in [0.717, 1.165) is 23.3 Å². The lowest BCUT2D eigenvalue weighted by molar-refractivity contribution is -0.274. The number of aryl methyl sites for hydroxylation is 2. The van der Waals surface area contributed by atoms with E-state index < -0.39 is 17.9 Å². The predicted molar refractivity (Wildman–Crippen MR) is 99.3 cm³/mol. The van der Waals surface area contributed by atoms with Crippen molar-refractivity contribution in [1.29, 1.82) is 0 Å². The molecule has 0 aliphatic heterocycles. The van der Waals surface area contributed by atoms with Crippen LogP contribution in [0, 0.1) is 6.92 Å². The molecule has 0 aliphatic rings. The van der Waals surface area contributed by atoms with Crippen molar-refractivity contribution >= 4 is 11.8 Å². The van der Waals surface area contributed by atoms with Crippen molar-refractivity contribution in [1.82, 2.24) is 0 Å². The molecule has 0 heterocycles. The Labute approximate surface area is 166 Å². The Balaban J connectivity index is 1.98. The molecule has 2 rings (SSSR count). The van der Waals surface area contributed by atoms with E-state index in [1.54, 1.807) is 25.1 Å². The number of ether oxygens (including phenoxy) is 2. The van der Waals surface area contributed by atoms with Crippen molar-refractivity contribution in [2.45, 2.75) is 45.6 Å². The normalized spacial score (nSPS) is 11.8. The molecule has 29 heavy (non-hydrogen) atoms. The van der Waals surface area contributed by atoms with Crippen molar-refractivity contribution in [3.63, 3.8) is 0 Å². The minimum atomic E-state index is -4.78. The maximum absolute atomic E-state index is 12.3. The lowest BCUT2D eigenvalue weighted by Gasteiger charge is -2.23. The number of Topliss-reactive ketones (excluding diaryl/α,β-unsaturated/α-hetero) is 1. The van der Waals surface area contributed by atoms with Gasteiger partial charge in [-0.2, -0.15) is 0 Å². The van der Waals surface area contributed by atoms with Crippen LogP contribution in [0.4, 0.5) is 13.2 Å². The third-order valence-electron chi connectivity index (χ3n) is 4.17. The molecule has 0 amide bonds. The van der Waals surface area contributed by atoms with Crippen LogP contribution in [0.2, 0.25) is 0 Å². The summed E-state index contributed by atoms with van der Waals surface area (Å²) in [6.07, 6.45) is -4.19. The first-order valence-corrected chi connectivity index (χ1v) is 8.78. The van der Waals surface area contributed by atoms with E-state index in [-0.39, 0.29) is 18.0 Å². The van der Waals surface area contributed by atoms with Gasteiger partial charge >= 0.3 is 12.3 Å². The number of carboxylic acid groups (broad SMARTS) is 1. The average Bonchev–Trinajstić information content (AvgIpc) is 2.61. The highest BCUT2D eigenvalue weighted by Gasteiger charge is 2.31. The minimum Gasteiger partial charge on any atom is -0.478 e. The van der Waals surface area contributed by atoms with Crippen LogP contribution < -0.4 is 9.47 Å². The largest absolute Gasteiger partial charge is 0.573 e. The summed E-state index contributed by atoms with van der Waals surface area (Å²) in [4.78, 5) is 23.5. The van der Waals surface area contributed by atoms with Crippen LogP contribution in [-0.2, 0) is 11.2 Å². The fourth-order valence-corrected chi connectivity index (χ4v) is 2.54. The second-order valence-corrected chi connectivity index (χ2v) is 7.01. The number of halogens is 3. The minimum absolute atomic E-state index is 0.166. The van der Waals surface area contributed by atoms with Gasteiger partial charge in [0.05, 0.1) is 0 Å². The molecule has 0 bridgehead atoms. The Bertz CT molecular complexity index is 886. The van der Waals surface area contributed by atoms with Gasteiger partial charge in [0.25, 0.3) is 0 Å². The number of aliphatic carboxylic acids is 1. The molecule has 2 aromatic rings. The summed E-state index contributed by atoms with van der Waals surface area (Å²) in [6, 6.07) is 9.99. The molecule has 0 aromatic heterocycles. The summed E-state index contributed by atoms with van der Waals surface area (Å²) in [5.74, 6) is -1.25. The fraction of sp³-hybridized carbons (Fsp3) is 0.333. The summed E-state index contributed by atoms with van der Waals surface area (Å²) < 4.78 is 45.8. The molecule has 0 radical (unpaired) electrons. The Morgan fingerprint density at radius 1 is 1.00 bits per heavy atom. The SMILES string of the molecule is Cc1cc(CCC(=O)c2ccc(OC(F)(F)F)cc2)ccc1OC(C)(C)C(=O)O. The fourth-order valence-electron chi connectivity index (χ4n) is 2.54. The molecule has 2 aromatic carbocycles. The average molecular weight is 410 g/mol. The van der Waals surface area contributed by atoms with Gasteiger partial charge in [-0.1, -0.05) is 12.1 Å². The van der Waals surface area contributed by atoms with E-state index in [4.69, 9.17) is 9.84 Å². The number of hydrogen-bond donors (Lipinski definition) is 1. The number of carbonyl (C=O) groups excluding carboxylic acids is 1. The zero-order valence-electron chi connectivity index (χ0n) is 16.2. The lowest BCUT2D eigenvalue weighted by Crippen LogP contribution is -2.38. The van der Waals surface area contributed by atoms with Gasteiger partial charge in [0.1, 0.15) is 11.5 Å². The smallest absolute Gasteiger partial charge is 0.478 e. The molecule has 1 N–H and O–H groups in total. The highest BCUT2D eigenvalue weighted by Crippen LogP contribution is 2.26. The summed E-state index contributed by atoms with van der Waals surface area (Å²) in [5, 5.41) is 9.15. The molecule has 156 valence electrons. The molecule has 0 saturated carbocycles. The summed E-state index contributed by atoms with van der Waals surface area (Å²) in [5.41, 5.74) is 0.509. The van der Waals surface area contributed by atoms with Gasteiger partial charge < -0.3 is 14.6 Å². The molecule has 5 nitrogen and oxygen atoms in total. The highest BCUT2D eigenvalue weighted by molar-refractivity contribution is 5.96. The number of carboxylic acids is 1. The van der Waals surface area contributed by atoms with Crippen LogP contribution in [0.1, 0.15) is 41.8 Å². The van der Waals surface area contributed by atoms with Crippen molar-refractivity contribution in [3.05, 3.63) is 59.2 Å². The monoisotopic (exact) mass is 410 g/mol. The van der Waals surface area contributed by atoms with E-state index in [0.29, 0.717) is 17.7 Å². The highest BCUT2D eigenvalue weighted by atomic mass is 19.4. The number of alkyl halides is 3. The topological polar surface area (TPSA) is 72.8 Å². The van der Waals surface area contributed by atoms with E-state index in [1.165, 1.54) is 26.0 Å². The molecule has 8 heteroatoms. The zero-order valence-corrected chi connectivity index (χ0v) is 16.2. The Hall–Kier alpha value is -3.03. The molecule has 0 aliphatic carbocycles. The van der Waals surface area contributed by atoms with E-state index in [1.807, 2.05) is 0 Å². The number of hydrogen-bond acceptors (Lipinski definition) is 4. The maximum atomic E-state index is 12.3. The lowest BCUT2D eigenvalue weighted by atomic mass is 10.0. The second kappa shape index (κ2) is 8.55. The van der Waals surface area contributed by atoms with Crippen LogP contribution in [0.5, 0.6) is 11.5 Å². The third kappa shape index (κ3) is 6.51. The van der Waals surface area contributed by atoms with Crippen LogP contribution in [0.15, 0.2) is 42.5 Å². The first-order chi connectivity index (χ1) is 13.4. The Morgan fingerprint density at radius 2 is 1.62 bits per heavy atom. The van der Waals surface area contributed by atoms with Gasteiger partial charge in [-0.3, -0.25) is 4.79 Å². The zero-order chi connectivity index (χ0) is 21.8. The molecule has 0 fully saturated rings. The second-order valence-electron chi connectivity index (χ2n) is 7.01. The molecular weight excluding hydrogens is 389 g/mol. The van der Waals surface area contributed by atoms with Gasteiger partial charge in [-0.25, -0.2) is 4.79 Å². The predicted octanol–water partition coefficient (Wildman–Crippen LogP) is 4.95. The van der Waals surface area contributed by atoms with E-state index >= 15 is 0 Å². The van der Waals surface area contributed by atoms with Crippen LogP contribution in [0.3, 0.4) is 0 Å². The number of carbonyl (C=O) groups is 2. The van der Waals surface area contributed by atoms with E-state index in [9.17, 15) is 22.8 Å². The number of benzene rings is 2. The van der Waals surface area contributed by atoms with Crippen molar-refractivity contribution in [3.8, 4) is 11.5 Å². The van der Waals surface area contributed by atoms with Crippen LogP contribution in [-0.4, -0.2) is 28.8 Å². The summed E-state index contributed by atoms with van der Waals surface area (Å²) in [7, 11) is 0. The van der Waals surface area contributed by atoms with Gasteiger partial charge in [-0.15, -0.1) is 13.2 Å². The number of rotatable bonds is 8. The van der Waals surface area contributed by atoms with Crippen molar-refractivity contribution in [2.75, 3.05) is 0 Å². The maximum Gasteiger partial charge on any atom is 0.573 e. The summed E-state index contributed by atoms with van der Waals surface area (Å²) in [6.45, 7) is 4.68. The van der Waals surface area contributed by atoms with Gasteiger partial charge in [0, 0.05) is 12.0 Å². The van der Waals surface area contributed by atoms with Crippen molar-refractivity contribution < 1.29 is 37.3 Å². The van der Waals surface area contributed by atoms with Gasteiger partial charge in [0.2, 0.25) is 0 Å².